The van der Waals surface area contributed by atoms with Crippen molar-refractivity contribution in [2.75, 3.05) is 0 Å². The van der Waals surface area contributed by atoms with E-state index in [1.165, 1.54) is 0 Å². The number of tetrazole rings is 1. The first-order chi connectivity index (χ1) is 13.8. The van der Waals surface area contributed by atoms with Crippen molar-refractivity contribution >= 4 is 35.5 Å². The maximum atomic E-state index is 13.0. The van der Waals surface area contributed by atoms with Gasteiger partial charge in [0.15, 0.2) is 0 Å². The number of aromatic amines is 1. The fourth-order valence-electron chi connectivity index (χ4n) is 3.29. The zero-order valence-electron chi connectivity index (χ0n) is 15.0. The summed E-state index contributed by atoms with van der Waals surface area (Å²) in [5.74, 6) is -0.0341. The Kier molecular flexibility index (Phi) is 5.47. The monoisotopic (exact) mass is 478 g/mol. The summed E-state index contributed by atoms with van der Waals surface area (Å²) >= 11 is -4.06. The van der Waals surface area contributed by atoms with Crippen LogP contribution in [0.3, 0.4) is 0 Å². The summed E-state index contributed by atoms with van der Waals surface area (Å²) in [5, 5.41) is 13.7. The first-order valence-electron chi connectivity index (χ1n) is 8.90. The van der Waals surface area contributed by atoms with Crippen LogP contribution in [0.5, 0.6) is 0 Å². The van der Waals surface area contributed by atoms with E-state index in [2.05, 4.69) is 57.0 Å². The van der Waals surface area contributed by atoms with Gasteiger partial charge in [0.1, 0.15) is 0 Å². The number of carbonyl (C=O) groups excluding carboxylic acids is 1. The van der Waals surface area contributed by atoms with Crippen LogP contribution in [-0.2, 0) is 14.3 Å². The zero-order chi connectivity index (χ0) is 19.2. The molecule has 0 aliphatic carbocycles. The van der Waals surface area contributed by atoms with Crippen molar-refractivity contribution in [1.82, 2.24) is 20.6 Å². The molecule has 1 N–H and O–H groups in total. The SMILES string of the molecule is O=C(Cc1nn[nH]n1)[O][Sn]([c]1ccccc1)([c]1ccccc1)[c]1ccccc1. The summed E-state index contributed by atoms with van der Waals surface area (Å²) < 4.78 is 9.62. The zero-order valence-corrected chi connectivity index (χ0v) is 17.9. The van der Waals surface area contributed by atoms with Gasteiger partial charge in [-0.15, -0.1) is 0 Å². The number of H-pyrrole nitrogens is 1. The Bertz CT molecular complexity index is 929. The predicted octanol–water partition coefficient (Wildman–Crippen LogP) is 0.952. The van der Waals surface area contributed by atoms with Crippen LogP contribution in [0, 0.1) is 0 Å². The normalized spacial score (nSPS) is 11.1. The molecule has 0 saturated carbocycles. The molecule has 28 heavy (non-hydrogen) atoms. The van der Waals surface area contributed by atoms with E-state index in [-0.39, 0.29) is 12.4 Å². The molecule has 0 aliphatic heterocycles. The van der Waals surface area contributed by atoms with E-state index in [1.54, 1.807) is 0 Å². The molecule has 0 unspecified atom stereocenters. The molecule has 0 aliphatic rings. The molecular formula is C21H18N4O2Sn. The van der Waals surface area contributed by atoms with Crippen molar-refractivity contribution in [3.05, 3.63) is 96.8 Å². The van der Waals surface area contributed by atoms with Gasteiger partial charge < -0.3 is 0 Å². The van der Waals surface area contributed by atoms with Crippen molar-refractivity contribution in [3.8, 4) is 0 Å². The van der Waals surface area contributed by atoms with Gasteiger partial charge in [-0.1, -0.05) is 0 Å². The molecule has 0 atom stereocenters. The molecular weight excluding hydrogens is 459 g/mol. The van der Waals surface area contributed by atoms with E-state index in [1.807, 2.05) is 54.6 Å². The van der Waals surface area contributed by atoms with E-state index < -0.39 is 18.8 Å². The average molecular weight is 477 g/mol. The van der Waals surface area contributed by atoms with Gasteiger partial charge in [-0.05, 0) is 0 Å². The molecule has 4 aromatic rings. The Labute approximate surface area is 167 Å². The molecule has 0 fully saturated rings. The average Bonchev–Trinajstić information content (AvgIpc) is 3.27. The molecule has 0 saturated heterocycles. The van der Waals surface area contributed by atoms with Crippen molar-refractivity contribution in [3.63, 3.8) is 0 Å². The summed E-state index contributed by atoms with van der Waals surface area (Å²) in [4.78, 5) is 13.0. The molecule has 0 spiro atoms. The third-order valence-corrected chi connectivity index (χ3v) is 15.8. The van der Waals surface area contributed by atoms with Crippen LogP contribution in [0.4, 0.5) is 0 Å². The van der Waals surface area contributed by atoms with E-state index in [0.717, 1.165) is 10.7 Å². The second kappa shape index (κ2) is 8.35. The minimum atomic E-state index is -4.06. The van der Waals surface area contributed by atoms with E-state index in [0.29, 0.717) is 5.82 Å². The third-order valence-electron chi connectivity index (χ3n) is 4.50. The molecule has 0 radical (unpaired) electrons. The molecule has 1 aromatic heterocycles. The Balaban J connectivity index is 1.87. The fraction of sp³-hybridized carbons (Fsp3) is 0.0476. The number of hydrogen-bond acceptors (Lipinski definition) is 5. The maximum absolute atomic E-state index is 13.0. The Morgan fingerprint density at radius 3 is 1.64 bits per heavy atom. The van der Waals surface area contributed by atoms with Gasteiger partial charge in [0.05, 0.1) is 0 Å². The molecule has 0 bridgehead atoms. The topological polar surface area (TPSA) is 80.8 Å². The van der Waals surface area contributed by atoms with Crippen LogP contribution >= 0.6 is 0 Å². The first-order valence-corrected chi connectivity index (χ1v) is 14.3. The molecule has 3 aromatic carbocycles. The van der Waals surface area contributed by atoms with Gasteiger partial charge in [0.2, 0.25) is 0 Å². The summed E-state index contributed by atoms with van der Waals surface area (Å²) in [6.07, 6.45) is -0.0261. The van der Waals surface area contributed by atoms with Gasteiger partial charge in [-0.25, -0.2) is 0 Å². The van der Waals surface area contributed by atoms with Crippen LogP contribution in [0.2, 0.25) is 0 Å². The summed E-state index contributed by atoms with van der Waals surface area (Å²) in [6.45, 7) is 0. The number of hydrogen-bond donors (Lipinski definition) is 1. The summed E-state index contributed by atoms with van der Waals surface area (Å²) in [7, 11) is 0. The second-order valence-electron chi connectivity index (χ2n) is 6.26. The Morgan fingerprint density at radius 2 is 1.25 bits per heavy atom. The molecule has 6 nitrogen and oxygen atoms in total. The van der Waals surface area contributed by atoms with E-state index >= 15 is 0 Å². The van der Waals surface area contributed by atoms with Crippen molar-refractivity contribution in [2.45, 2.75) is 6.42 Å². The van der Waals surface area contributed by atoms with Crippen molar-refractivity contribution in [2.24, 2.45) is 0 Å². The van der Waals surface area contributed by atoms with E-state index in [9.17, 15) is 4.79 Å². The first kappa shape index (κ1) is 18.4. The summed E-state index contributed by atoms with van der Waals surface area (Å²) in [6, 6.07) is 30.1. The minimum absolute atomic E-state index is 0.0261. The quantitative estimate of drug-likeness (QED) is 0.419. The Hall–Kier alpha value is -3.00. The van der Waals surface area contributed by atoms with Gasteiger partial charge in [0.25, 0.3) is 0 Å². The number of nitrogens with zero attached hydrogens (tertiary/aromatic N) is 3. The van der Waals surface area contributed by atoms with Crippen LogP contribution < -0.4 is 10.7 Å². The van der Waals surface area contributed by atoms with Gasteiger partial charge in [0, 0.05) is 0 Å². The molecule has 0 amide bonds. The van der Waals surface area contributed by atoms with Gasteiger partial charge in [-0.2, -0.15) is 0 Å². The van der Waals surface area contributed by atoms with Crippen LogP contribution in [0.15, 0.2) is 91.0 Å². The standard InChI is InChI=1S/3C6H5.C3H4N4O2.Sn/c3*1-2-4-6-5-3-1;8-3(9)1-2-4-6-7-5-2;/h3*1-5H;1H2,(H,8,9)(H,4,5,6,7);/q;;;;+1/p-1. The predicted molar refractivity (Wildman–Crippen MR) is 108 cm³/mol. The molecule has 4 rings (SSSR count). The third kappa shape index (κ3) is 3.68. The van der Waals surface area contributed by atoms with Gasteiger partial charge >= 0.3 is 167 Å². The molecule has 1 heterocycles. The van der Waals surface area contributed by atoms with Crippen molar-refractivity contribution in [1.29, 1.82) is 0 Å². The summed E-state index contributed by atoms with van der Waals surface area (Å²) in [5.41, 5.74) is 0. The van der Waals surface area contributed by atoms with E-state index in [4.69, 9.17) is 3.07 Å². The number of aromatic nitrogens is 4. The van der Waals surface area contributed by atoms with Crippen molar-refractivity contribution < 1.29 is 7.87 Å². The van der Waals surface area contributed by atoms with Crippen LogP contribution in [-0.4, -0.2) is 45.4 Å². The molecule has 7 heteroatoms. The molecule has 138 valence electrons. The fourth-order valence-corrected chi connectivity index (χ4v) is 14.0. The second-order valence-corrected chi connectivity index (χ2v) is 15.7. The number of benzene rings is 3. The number of rotatable bonds is 6. The van der Waals surface area contributed by atoms with Gasteiger partial charge in [-0.3, -0.25) is 0 Å². The number of carbonyl (C=O) groups is 1. The van der Waals surface area contributed by atoms with Crippen LogP contribution in [0.1, 0.15) is 5.82 Å². The Morgan fingerprint density at radius 1 is 0.786 bits per heavy atom. The van der Waals surface area contributed by atoms with Crippen LogP contribution in [0.25, 0.3) is 0 Å². The number of nitrogens with one attached hydrogen (secondary N) is 1.